The van der Waals surface area contributed by atoms with Gasteiger partial charge in [0.2, 0.25) is 5.65 Å². The summed E-state index contributed by atoms with van der Waals surface area (Å²) in [5.74, 6) is 0.823. The van der Waals surface area contributed by atoms with Crippen molar-refractivity contribution in [3.05, 3.63) is 66.0 Å². The highest BCUT2D eigenvalue weighted by atomic mass is 15.5. The minimum atomic E-state index is 0.551. The molecule has 9 heteroatoms. The zero-order valence-electron chi connectivity index (χ0n) is 15.5. The fraction of sp³-hybridized carbons (Fsp3) is 0.200. The summed E-state index contributed by atoms with van der Waals surface area (Å²) in [6.07, 6.45) is 6.21. The van der Waals surface area contributed by atoms with Gasteiger partial charge in [-0.05, 0) is 23.8 Å². The Morgan fingerprint density at radius 3 is 3.10 bits per heavy atom. The average Bonchev–Trinajstić information content (AvgIpc) is 3.40. The second kappa shape index (κ2) is 6.33. The van der Waals surface area contributed by atoms with E-state index in [1.165, 1.54) is 0 Å². The van der Waals surface area contributed by atoms with Crippen LogP contribution in [0.1, 0.15) is 17.0 Å². The number of H-pyrrole nitrogens is 1. The molecular formula is C20H17N9. The largest absolute Gasteiger partial charge is 0.349 e. The number of anilines is 1. The van der Waals surface area contributed by atoms with E-state index in [1.807, 2.05) is 12.1 Å². The summed E-state index contributed by atoms with van der Waals surface area (Å²) in [4.78, 5) is 23.5. The molecule has 142 valence electrons. The summed E-state index contributed by atoms with van der Waals surface area (Å²) in [6.45, 7) is 2.18. The fourth-order valence-electron chi connectivity index (χ4n) is 3.81. The van der Waals surface area contributed by atoms with Crippen molar-refractivity contribution in [3.63, 3.8) is 0 Å². The van der Waals surface area contributed by atoms with Gasteiger partial charge in [0, 0.05) is 24.5 Å². The minimum absolute atomic E-state index is 0.551. The second-order valence-electron chi connectivity index (χ2n) is 7.15. The van der Waals surface area contributed by atoms with Crippen molar-refractivity contribution in [2.45, 2.75) is 19.5 Å². The third-order valence-electron chi connectivity index (χ3n) is 5.31. The summed E-state index contributed by atoms with van der Waals surface area (Å²) in [6, 6.07) is 10.2. The lowest BCUT2D eigenvalue weighted by Crippen LogP contribution is -2.31. The first-order chi connectivity index (χ1) is 14.3. The van der Waals surface area contributed by atoms with Crippen molar-refractivity contribution in [1.82, 2.24) is 39.9 Å². The van der Waals surface area contributed by atoms with Gasteiger partial charge in [-0.3, -0.25) is 4.98 Å². The van der Waals surface area contributed by atoms with Gasteiger partial charge in [0.1, 0.15) is 5.82 Å². The molecule has 0 bridgehead atoms. The van der Waals surface area contributed by atoms with E-state index in [2.05, 4.69) is 53.3 Å². The van der Waals surface area contributed by atoms with Crippen LogP contribution in [0.2, 0.25) is 0 Å². The van der Waals surface area contributed by atoms with Gasteiger partial charge in [-0.1, -0.05) is 17.3 Å². The summed E-state index contributed by atoms with van der Waals surface area (Å²) < 4.78 is 1.80. The first kappa shape index (κ1) is 16.1. The van der Waals surface area contributed by atoms with Crippen LogP contribution < -0.4 is 4.90 Å². The van der Waals surface area contributed by atoms with Gasteiger partial charge in [0.05, 0.1) is 42.5 Å². The summed E-state index contributed by atoms with van der Waals surface area (Å²) >= 11 is 0. The van der Waals surface area contributed by atoms with Crippen LogP contribution in [-0.4, -0.2) is 46.5 Å². The molecular weight excluding hydrogens is 366 g/mol. The molecule has 0 amide bonds. The number of aromatic amines is 1. The third-order valence-corrected chi connectivity index (χ3v) is 5.31. The van der Waals surface area contributed by atoms with Gasteiger partial charge in [0.15, 0.2) is 5.65 Å². The van der Waals surface area contributed by atoms with Crippen molar-refractivity contribution in [2.24, 2.45) is 0 Å². The lowest BCUT2D eigenvalue weighted by Gasteiger charge is -2.26. The van der Waals surface area contributed by atoms with Crippen LogP contribution in [0.4, 0.5) is 5.82 Å². The monoisotopic (exact) mass is 383 g/mol. The van der Waals surface area contributed by atoms with E-state index in [0.29, 0.717) is 17.8 Å². The number of fused-ring (bicyclic) bond motifs is 3. The van der Waals surface area contributed by atoms with E-state index in [-0.39, 0.29) is 0 Å². The van der Waals surface area contributed by atoms with Crippen molar-refractivity contribution < 1.29 is 0 Å². The zero-order chi connectivity index (χ0) is 19.2. The van der Waals surface area contributed by atoms with E-state index < -0.39 is 0 Å². The van der Waals surface area contributed by atoms with Crippen LogP contribution in [0.15, 0.2) is 49.1 Å². The van der Waals surface area contributed by atoms with Crippen LogP contribution in [0.5, 0.6) is 0 Å². The maximum absolute atomic E-state index is 4.83. The molecule has 1 aliphatic rings. The number of nitrogens with zero attached hydrogens (tertiary/aromatic N) is 8. The van der Waals surface area contributed by atoms with Gasteiger partial charge in [0.25, 0.3) is 0 Å². The first-order valence-electron chi connectivity index (χ1n) is 9.49. The Bertz CT molecular complexity index is 1340. The summed E-state index contributed by atoms with van der Waals surface area (Å²) in [5.41, 5.74) is 5.59. The van der Waals surface area contributed by atoms with E-state index in [9.17, 15) is 0 Å². The van der Waals surface area contributed by atoms with Crippen LogP contribution in [-0.2, 0) is 19.5 Å². The van der Waals surface area contributed by atoms with Crippen molar-refractivity contribution in [2.75, 3.05) is 11.4 Å². The predicted octanol–water partition coefficient (Wildman–Crippen LogP) is 2.10. The second-order valence-corrected chi connectivity index (χ2v) is 7.15. The molecule has 0 saturated heterocycles. The summed E-state index contributed by atoms with van der Waals surface area (Å²) in [7, 11) is 0. The SMILES string of the molecule is c1cnc2ccc(Cn3nnc4ncc(N5CCc6nc[nH]c6C5)nc43)cc2c1. The molecule has 0 radical (unpaired) electrons. The van der Waals surface area contributed by atoms with E-state index >= 15 is 0 Å². The van der Waals surface area contributed by atoms with Crippen molar-refractivity contribution in [3.8, 4) is 0 Å². The molecule has 29 heavy (non-hydrogen) atoms. The number of rotatable bonds is 3. The highest BCUT2D eigenvalue weighted by molar-refractivity contribution is 5.79. The van der Waals surface area contributed by atoms with Crippen LogP contribution in [0, 0.1) is 0 Å². The molecule has 0 spiro atoms. The molecule has 5 heterocycles. The smallest absolute Gasteiger partial charge is 0.221 e. The Hall–Kier alpha value is -3.88. The van der Waals surface area contributed by atoms with Crippen molar-refractivity contribution in [1.29, 1.82) is 0 Å². The quantitative estimate of drug-likeness (QED) is 0.509. The molecule has 1 aliphatic heterocycles. The van der Waals surface area contributed by atoms with Gasteiger partial charge in [-0.25, -0.2) is 19.6 Å². The molecule has 9 nitrogen and oxygen atoms in total. The Kier molecular flexibility index (Phi) is 3.52. The molecule has 6 rings (SSSR count). The molecule has 1 N–H and O–H groups in total. The Morgan fingerprint density at radius 2 is 2.10 bits per heavy atom. The summed E-state index contributed by atoms with van der Waals surface area (Å²) in [5, 5.41) is 9.56. The molecule has 0 saturated carbocycles. The Balaban J connectivity index is 1.33. The number of aromatic nitrogens is 8. The van der Waals surface area contributed by atoms with Gasteiger partial charge >= 0.3 is 0 Å². The molecule has 0 atom stereocenters. The van der Waals surface area contributed by atoms with Crippen LogP contribution in [0.25, 0.3) is 22.2 Å². The zero-order valence-corrected chi connectivity index (χ0v) is 15.5. The number of hydrogen-bond donors (Lipinski definition) is 1. The normalized spacial score (nSPS) is 13.9. The number of nitrogens with one attached hydrogen (secondary N) is 1. The lowest BCUT2D eigenvalue weighted by molar-refractivity contribution is 0.661. The minimum Gasteiger partial charge on any atom is -0.349 e. The number of imidazole rings is 1. The van der Waals surface area contributed by atoms with E-state index in [1.54, 1.807) is 23.4 Å². The van der Waals surface area contributed by atoms with E-state index in [4.69, 9.17) is 4.98 Å². The number of benzene rings is 1. The third kappa shape index (κ3) is 2.78. The molecule has 0 aliphatic carbocycles. The topological polar surface area (TPSA) is 101 Å². The molecule has 0 unspecified atom stereocenters. The van der Waals surface area contributed by atoms with E-state index in [0.717, 1.165) is 53.2 Å². The molecule has 4 aromatic heterocycles. The van der Waals surface area contributed by atoms with Gasteiger partial charge < -0.3 is 9.88 Å². The van der Waals surface area contributed by atoms with Crippen molar-refractivity contribution >= 4 is 28.0 Å². The highest BCUT2D eigenvalue weighted by Crippen LogP contribution is 2.22. The van der Waals surface area contributed by atoms with Gasteiger partial charge in [-0.2, -0.15) is 0 Å². The Labute approximate surface area is 165 Å². The molecule has 5 aromatic rings. The van der Waals surface area contributed by atoms with Crippen LogP contribution in [0.3, 0.4) is 0 Å². The lowest BCUT2D eigenvalue weighted by atomic mass is 10.1. The molecule has 1 aromatic carbocycles. The standard InChI is InChI=1S/C20H17N9/c1-2-14-8-13(3-4-15(14)21-6-1)10-29-20-19(26-27-29)22-9-18(25-20)28-7-5-16-17(11-28)24-12-23-16/h1-4,6,8-9,12H,5,7,10-11H2,(H,23,24). The van der Waals surface area contributed by atoms with Crippen LogP contribution >= 0.6 is 0 Å². The maximum atomic E-state index is 4.83. The fourth-order valence-corrected chi connectivity index (χ4v) is 3.81. The Morgan fingerprint density at radius 1 is 1.10 bits per heavy atom. The predicted molar refractivity (Wildman–Crippen MR) is 107 cm³/mol. The number of pyridine rings is 1. The number of hydrogen-bond acceptors (Lipinski definition) is 7. The van der Waals surface area contributed by atoms with Gasteiger partial charge in [-0.15, -0.1) is 5.10 Å². The maximum Gasteiger partial charge on any atom is 0.221 e. The average molecular weight is 383 g/mol. The first-order valence-corrected chi connectivity index (χ1v) is 9.49. The molecule has 0 fully saturated rings. The highest BCUT2D eigenvalue weighted by Gasteiger charge is 2.21.